The van der Waals surface area contributed by atoms with Crippen LogP contribution in [0.25, 0.3) is 11.3 Å². The zero-order valence-corrected chi connectivity index (χ0v) is 24.7. The third kappa shape index (κ3) is 6.95. The molecule has 3 heterocycles. The van der Waals surface area contributed by atoms with Crippen LogP contribution in [0.4, 0.5) is 5.82 Å². The van der Waals surface area contributed by atoms with Crippen molar-refractivity contribution in [3.05, 3.63) is 53.3 Å². The molecular weight excluding hydrogens is 492 g/mol. The van der Waals surface area contributed by atoms with E-state index in [0.29, 0.717) is 23.9 Å². The van der Waals surface area contributed by atoms with Crippen molar-refractivity contribution < 1.29 is 14.3 Å². The van der Waals surface area contributed by atoms with E-state index < -0.39 is 11.6 Å². The van der Waals surface area contributed by atoms with E-state index in [0.717, 1.165) is 41.0 Å². The Balaban J connectivity index is 1.51. The minimum absolute atomic E-state index is 0.0489. The topological polar surface area (TPSA) is 105 Å². The number of carbonyl (C=O) groups is 1. The minimum Gasteiger partial charge on any atom is -0.496 e. The molecule has 0 radical (unpaired) electrons. The van der Waals surface area contributed by atoms with Crippen LogP contribution in [-0.2, 0) is 11.2 Å². The molecule has 210 valence electrons. The number of anilines is 1. The molecule has 2 aromatic heterocycles. The van der Waals surface area contributed by atoms with Gasteiger partial charge in [0.1, 0.15) is 17.0 Å². The summed E-state index contributed by atoms with van der Waals surface area (Å²) in [5.74, 6) is 1.12. The van der Waals surface area contributed by atoms with Crippen LogP contribution in [0.2, 0.25) is 0 Å². The van der Waals surface area contributed by atoms with Crippen molar-refractivity contribution in [2.45, 2.75) is 90.4 Å². The van der Waals surface area contributed by atoms with Crippen molar-refractivity contribution in [1.82, 2.24) is 25.7 Å². The SMILES string of the molecule is COc1cc(Cc2cn[nH]c2C(=O)OC(C)(C)C)ccc1-c1ccc(N(C)C2CC(C)(C)NC(C)(C)C2)nn1. The number of aromatic nitrogens is 4. The van der Waals surface area contributed by atoms with Gasteiger partial charge in [0.25, 0.3) is 0 Å². The molecule has 0 amide bonds. The molecule has 4 rings (SSSR count). The van der Waals surface area contributed by atoms with Gasteiger partial charge in [0.05, 0.1) is 19.0 Å². The maximum atomic E-state index is 12.6. The molecule has 0 saturated carbocycles. The van der Waals surface area contributed by atoms with Gasteiger partial charge in [-0.25, -0.2) is 4.79 Å². The van der Waals surface area contributed by atoms with E-state index in [1.165, 1.54) is 0 Å². The first-order valence-corrected chi connectivity index (χ1v) is 13.5. The summed E-state index contributed by atoms with van der Waals surface area (Å²) in [5.41, 5.74) is 3.19. The number of carbonyl (C=O) groups excluding carboxylic acids is 1. The molecule has 9 heteroatoms. The van der Waals surface area contributed by atoms with Crippen LogP contribution in [0, 0.1) is 0 Å². The Kier molecular flexibility index (Phi) is 7.76. The molecule has 0 atom stereocenters. The summed E-state index contributed by atoms with van der Waals surface area (Å²) in [7, 11) is 3.74. The number of rotatable bonds is 7. The van der Waals surface area contributed by atoms with Crippen molar-refractivity contribution in [1.29, 1.82) is 0 Å². The number of hydrogen-bond donors (Lipinski definition) is 2. The van der Waals surface area contributed by atoms with Gasteiger partial charge >= 0.3 is 5.97 Å². The molecule has 1 fully saturated rings. The number of H-pyrrole nitrogens is 1. The fourth-order valence-electron chi connectivity index (χ4n) is 5.61. The van der Waals surface area contributed by atoms with Gasteiger partial charge in [-0.1, -0.05) is 6.07 Å². The number of nitrogens with one attached hydrogen (secondary N) is 2. The highest BCUT2D eigenvalue weighted by atomic mass is 16.6. The number of esters is 1. The maximum absolute atomic E-state index is 12.6. The summed E-state index contributed by atoms with van der Waals surface area (Å²) in [6.45, 7) is 14.5. The molecule has 1 aliphatic heterocycles. The molecular formula is C30H42N6O3. The molecule has 1 aliphatic rings. The summed E-state index contributed by atoms with van der Waals surface area (Å²) in [6.07, 6.45) is 4.21. The first kappa shape index (κ1) is 28.5. The first-order chi connectivity index (χ1) is 18.2. The fraction of sp³-hybridized carbons (Fsp3) is 0.533. The van der Waals surface area contributed by atoms with E-state index >= 15 is 0 Å². The molecule has 0 bridgehead atoms. The van der Waals surface area contributed by atoms with E-state index in [2.05, 4.69) is 65.4 Å². The molecule has 39 heavy (non-hydrogen) atoms. The van der Waals surface area contributed by atoms with Gasteiger partial charge in [-0.3, -0.25) is 5.10 Å². The van der Waals surface area contributed by atoms with Crippen LogP contribution in [-0.4, -0.2) is 63.2 Å². The lowest BCUT2D eigenvalue weighted by Gasteiger charge is -2.49. The number of ether oxygens (including phenoxy) is 2. The van der Waals surface area contributed by atoms with Gasteiger partial charge in [0.15, 0.2) is 5.82 Å². The normalized spacial score (nSPS) is 17.1. The predicted molar refractivity (Wildman–Crippen MR) is 153 cm³/mol. The van der Waals surface area contributed by atoms with Crippen molar-refractivity contribution in [2.24, 2.45) is 0 Å². The summed E-state index contributed by atoms with van der Waals surface area (Å²) in [5, 5.41) is 19.7. The Labute approximate surface area is 231 Å². The van der Waals surface area contributed by atoms with Crippen LogP contribution >= 0.6 is 0 Å². The van der Waals surface area contributed by atoms with Gasteiger partial charge in [-0.2, -0.15) is 5.10 Å². The number of aromatic amines is 1. The summed E-state index contributed by atoms with van der Waals surface area (Å²) >= 11 is 0. The second-order valence-electron chi connectivity index (χ2n) is 12.8. The van der Waals surface area contributed by atoms with Crippen LogP contribution in [0.5, 0.6) is 5.75 Å². The Morgan fingerprint density at radius 1 is 1.08 bits per heavy atom. The van der Waals surface area contributed by atoms with E-state index in [1.54, 1.807) is 13.3 Å². The molecule has 1 aromatic carbocycles. The second-order valence-corrected chi connectivity index (χ2v) is 12.8. The van der Waals surface area contributed by atoms with E-state index in [9.17, 15) is 4.79 Å². The third-order valence-electron chi connectivity index (χ3n) is 6.99. The highest BCUT2D eigenvalue weighted by Crippen LogP contribution is 2.34. The molecule has 3 aromatic rings. The largest absolute Gasteiger partial charge is 0.496 e. The molecule has 0 unspecified atom stereocenters. The van der Waals surface area contributed by atoms with Crippen LogP contribution in [0.3, 0.4) is 0 Å². The number of hydrogen-bond acceptors (Lipinski definition) is 8. The van der Waals surface area contributed by atoms with Crippen molar-refractivity contribution in [3.8, 4) is 17.0 Å². The van der Waals surface area contributed by atoms with Gasteiger partial charge < -0.3 is 19.7 Å². The van der Waals surface area contributed by atoms with Gasteiger partial charge in [-0.15, -0.1) is 10.2 Å². The zero-order valence-electron chi connectivity index (χ0n) is 24.7. The summed E-state index contributed by atoms with van der Waals surface area (Å²) in [4.78, 5) is 14.8. The van der Waals surface area contributed by atoms with Crippen molar-refractivity contribution >= 4 is 11.8 Å². The second kappa shape index (κ2) is 10.6. The summed E-state index contributed by atoms with van der Waals surface area (Å²) in [6, 6.07) is 10.3. The minimum atomic E-state index is -0.587. The predicted octanol–water partition coefficient (Wildman–Crippen LogP) is 5.17. The maximum Gasteiger partial charge on any atom is 0.357 e. The number of piperidine rings is 1. The Hall–Kier alpha value is -3.46. The van der Waals surface area contributed by atoms with Crippen LogP contribution in [0.15, 0.2) is 36.5 Å². The number of nitrogens with zero attached hydrogens (tertiary/aromatic N) is 4. The van der Waals surface area contributed by atoms with E-state index in [-0.39, 0.29) is 11.1 Å². The molecule has 0 aliphatic carbocycles. The highest BCUT2D eigenvalue weighted by molar-refractivity contribution is 5.89. The Bertz CT molecular complexity index is 1290. The smallest absolute Gasteiger partial charge is 0.357 e. The highest BCUT2D eigenvalue weighted by Gasteiger charge is 2.39. The molecule has 0 spiro atoms. The Morgan fingerprint density at radius 2 is 1.77 bits per heavy atom. The lowest BCUT2D eigenvalue weighted by molar-refractivity contribution is 0.00617. The standard InChI is InChI=1S/C30H42N6O3/c1-28(2,3)39-27(37)26-20(18-31-34-26)14-19-10-11-22(24(15-19)38-9)23-12-13-25(33-32-23)36(8)21-16-29(4,5)35-30(6,7)17-21/h10-13,15,18,21,35H,14,16-17H2,1-9H3,(H,31,34). The van der Waals surface area contributed by atoms with Crippen molar-refractivity contribution in [2.75, 3.05) is 19.1 Å². The Morgan fingerprint density at radius 3 is 2.36 bits per heavy atom. The fourth-order valence-corrected chi connectivity index (χ4v) is 5.61. The van der Waals surface area contributed by atoms with Gasteiger partial charge in [-0.05, 0) is 91.1 Å². The van der Waals surface area contributed by atoms with E-state index in [4.69, 9.17) is 9.47 Å². The lowest BCUT2D eigenvalue weighted by Crippen LogP contribution is -2.62. The zero-order chi connectivity index (χ0) is 28.6. The lowest BCUT2D eigenvalue weighted by atomic mass is 9.79. The van der Waals surface area contributed by atoms with Gasteiger partial charge in [0, 0.05) is 41.7 Å². The molecule has 9 nitrogen and oxygen atoms in total. The van der Waals surface area contributed by atoms with Crippen LogP contribution in [0.1, 0.15) is 82.9 Å². The van der Waals surface area contributed by atoms with E-state index in [1.807, 2.05) is 51.1 Å². The average Bonchev–Trinajstić information content (AvgIpc) is 3.29. The summed E-state index contributed by atoms with van der Waals surface area (Å²) < 4.78 is 11.2. The quantitative estimate of drug-likeness (QED) is 0.400. The number of methoxy groups -OCH3 is 1. The average molecular weight is 535 g/mol. The van der Waals surface area contributed by atoms with Crippen molar-refractivity contribution in [3.63, 3.8) is 0 Å². The molecule has 1 saturated heterocycles. The third-order valence-corrected chi connectivity index (χ3v) is 6.99. The molecule has 2 N–H and O–H groups in total. The van der Waals surface area contributed by atoms with Gasteiger partial charge in [0.2, 0.25) is 0 Å². The monoisotopic (exact) mass is 534 g/mol. The van der Waals surface area contributed by atoms with Crippen LogP contribution < -0.4 is 15.0 Å². The number of benzene rings is 1. The first-order valence-electron chi connectivity index (χ1n) is 13.5.